The Kier molecular flexibility index (Phi) is 4.75. The lowest BCUT2D eigenvalue weighted by Crippen LogP contribution is -2.57. The van der Waals surface area contributed by atoms with Crippen molar-refractivity contribution in [1.82, 2.24) is 9.88 Å². The molecule has 0 unspecified atom stereocenters. The van der Waals surface area contributed by atoms with Gasteiger partial charge in [-0.05, 0) is 29.3 Å². The van der Waals surface area contributed by atoms with E-state index >= 15 is 0 Å². The van der Waals surface area contributed by atoms with Gasteiger partial charge < -0.3 is 5.11 Å². The van der Waals surface area contributed by atoms with Crippen LogP contribution in [0.5, 0.6) is 0 Å². The van der Waals surface area contributed by atoms with Gasteiger partial charge >= 0.3 is 5.97 Å². The van der Waals surface area contributed by atoms with Gasteiger partial charge in [-0.25, -0.2) is 4.79 Å². The molecule has 0 saturated heterocycles. The number of carbonyl (C=O) groups is 3. The minimum absolute atomic E-state index is 0.179. The van der Waals surface area contributed by atoms with Crippen molar-refractivity contribution in [1.29, 1.82) is 0 Å². The van der Waals surface area contributed by atoms with Gasteiger partial charge in [-0.15, -0.1) is 6.58 Å². The average molecular weight is 398 g/mol. The monoisotopic (exact) mass is 398 g/mol. The lowest BCUT2D eigenvalue weighted by Gasteiger charge is -2.42. The molecule has 6 nitrogen and oxygen atoms in total. The zero-order valence-corrected chi connectivity index (χ0v) is 15.9. The molecule has 0 fully saturated rings. The van der Waals surface area contributed by atoms with Crippen LogP contribution in [0.1, 0.15) is 37.8 Å². The summed E-state index contributed by atoms with van der Waals surface area (Å²) in [7, 11) is 0. The first-order chi connectivity index (χ1) is 14.5. The number of carboxylic acid groups (broad SMARTS) is 1. The van der Waals surface area contributed by atoms with Gasteiger partial charge in [0.1, 0.15) is 0 Å². The number of amides is 2. The molecule has 3 aromatic rings. The summed E-state index contributed by atoms with van der Waals surface area (Å²) in [5.41, 5.74) is -0.869. The van der Waals surface area contributed by atoms with Crippen LogP contribution in [0.2, 0.25) is 0 Å². The number of rotatable bonds is 6. The number of aromatic nitrogens is 1. The number of carboxylic acids is 1. The Morgan fingerprint density at radius 3 is 2.07 bits per heavy atom. The number of fused-ring (bicyclic) bond motifs is 1. The maximum Gasteiger partial charge on any atom is 0.335 e. The van der Waals surface area contributed by atoms with E-state index in [1.807, 2.05) is 0 Å². The molecule has 2 heterocycles. The fourth-order valence-electron chi connectivity index (χ4n) is 4.11. The predicted octanol–water partition coefficient (Wildman–Crippen LogP) is 3.63. The van der Waals surface area contributed by atoms with Gasteiger partial charge in [0.25, 0.3) is 11.8 Å². The van der Waals surface area contributed by atoms with Crippen molar-refractivity contribution in [3.05, 3.63) is 114 Å². The van der Waals surface area contributed by atoms with Crippen molar-refractivity contribution in [2.24, 2.45) is 0 Å². The van der Waals surface area contributed by atoms with Crippen molar-refractivity contribution in [3.63, 3.8) is 0 Å². The third-order valence-electron chi connectivity index (χ3n) is 5.42. The minimum Gasteiger partial charge on any atom is -0.479 e. The van der Waals surface area contributed by atoms with E-state index in [0.717, 1.165) is 4.90 Å². The zero-order valence-electron chi connectivity index (χ0n) is 15.9. The maximum absolute atomic E-state index is 13.4. The van der Waals surface area contributed by atoms with Crippen LogP contribution in [0.25, 0.3) is 0 Å². The molecule has 0 spiro atoms. The second-order valence-corrected chi connectivity index (χ2v) is 6.93. The summed E-state index contributed by atoms with van der Waals surface area (Å²) in [5.74, 6) is -3.58. The van der Waals surface area contributed by atoms with Crippen LogP contribution in [0.4, 0.5) is 0 Å². The second kappa shape index (κ2) is 7.40. The van der Waals surface area contributed by atoms with E-state index in [0.29, 0.717) is 11.1 Å². The van der Waals surface area contributed by atoms with Crippen LogP contribution in [-0.2, 0) is 10.3 Å². The quantitative estimate of drug-likeness (QED) is 0.506. The summed E-state index contributed by atoms with van der Waals surface area (Å²) in [6.45, 7) is 3.84. The molecule has 30 heavy (non-hydrogen) atoms. The van der Waals surface area contributed by atoms with Crippen molar-refractivity contribution in [2.45, 2.75) is 11.5 Å². The number of imide groups is 1. The summed E-state index contributed by atoms with van der Waals surface area (Å²) in [6, 6.07) is 18.0. The first kappa shape index (κ1) is 19.3. The number of benzene rings is 2. The van der Waals surface area contributed by atoms with Crippen molar-refractivity contribution in [2.75, 3.05) is 0 Å². The molecule has 6 heteroatoms. The van der Waals surface area contributed by atoms with E-state index in [9.17, 15) is 19.5 Å². The minimum atomic E-state index is -2.04. The first-order valence-corrected chi connectivity index (χ1v) is 9.32. The van der Waals surface area contributed by atoms with Crippen LogP contribution in [0, 0.1) is 0 Å². The van der Waals surface area contributed by atoms with Gasteiger partial charge in [0.2, 0.25) is 0 Å². The molecular formula is C24H18N2O4. The van der Waals surface area contributed by atoms with E-state index in [4.69, 9.17) is 0 Å². The molecule has 1 aliphatic heterocycles. The van der Waals surface area contributed by atoms with E-state index in [1.54, 1.807) is 60.8 Å². The fraction of sp³-hybridized carbons (Fsp3) is 0.0833. The highest BCUT2D eigenvalue weighted by Gasteiger charge is 2.59. The molecule has 4 rings (SSSR count). The summed E-state index contributed by atoms with van der Waals surface area (Å²) < 4.78 is 0. The number of aliphatic carboxylic acids is 1. The Morgan fingerprint density at radius 1 is 0.967 bits per heavy atom. The summed E-state index contributed by atoms with van der Waals surface area (Å²) >= 11 is 0. The average Bonchev–Trinajstić information content (AvgIpc) is 3.04. The smallest absolute Gasteiger partial charge is 0.335 e. The lowest BCUT2D eigenvalue weighted by atomic mass is 9.73. The van der Waals surface area contributed by atoms with Crippen LogP contribution in [0.15, 0.2) is 91.8 Å². The number of pyridine rings is 1. The molecule has 2 amide bonds. The Hall–Kier alpha value is -4.06. The fourth-order valence-corrected chi connectivity index (χ4v) is 4.11. The Labute approximate surface area is 173 Å². The Morgan fingerprint density at radius 2 is 1.57 bits per heavy atom. The third-order valence-corrected chi connectivity index (χ3v) is 5.42. The second-order valence-electron chi connectivity index (χ2n) is 6.93. The van der Waals surface area contributed by atoms with Gasteiger partial charge in [-0.2, -0.15) is 0 Å². The molecule has 0 radical (unpaired) electrons. The number of hydrogen-bond acceptors (Lipinski definition) is 4. The topological polar surface area (TPSA) is 87.6 Å². The molecular weight excluding hydrogens is 380 g/mol. The SMILES string of the molecule is C=C[C@H](c1cccnc1)[C@@](C(=O)O)(c1ccccc1)N1C(=O)c2ccccc2C1=O. The zero-order chi connectivity index (χ0) is 21.3. The Balaban J connectivity index is 2.05. The van der Waals surface area contributed by atoms with Gasteiger partial charge in [-0.3, -0.25) is 19.5 Å². The lowest BCUT2D eigenvalue weighted by molar-refractivity contribution is -0.150. The highest BCUT2D eigenvalue weighted by molar-refractivity contribution is 6.23. The van der Waals surface area contributed by atoms with Crippen LogP contribution < -0.4 is 0 Å². The summed E-state index contributed by atoms with van der Waals surface area (Å²) in [4.78, 5) is 44.7. The Bertz CT molecular complexity index is 1110. The number of nitrogens with zero attached hydrogens (tertiary/aromatic N) is 2. The van der Waals surface area contributed by atoms with Crippen LogP contribution >= 0.6 is 0 Å². The highest BCUT2D eigenvalue weighted by atomic mass is 16.4. The van der Waals surface area contributed by atoms with Crippen molar-refractivity contribution in [3.8, 4) is 0 Å². The third kappa shape index (κ3) is 2.65. The highest BCUT2D eigenvalue weighted by Crippen LogP contribution is 2.46. The molecule has 1 N–H and O–H groups in total. The van der Waals surface area contributed by atoms with Gasteiger partial charge in [0.15, 0.2) is 5.54 Å². The van der Waals surface area contributed by atoms with Crippen LogP contribution in [0.3, 0.4) is 0 Å². The molecule has 0 aliphatic carbocycles. The molecule has 2 atom stereocenters. The van der Waals surface area contributed by atoms with Gasteiger partial charge in [0, 0.05) is 18.3 Å². The van der Waals surface area contributed by atoms with Crippen molar-refractivity contribution < 1.29 is 19.5 Å². The first-order valence-electron chi connectivity index (χ1n) is 9.32. The van der Waals surface area contributed by atoms with E-state index in [-0.39, 0.29) is 11.1 Å². The molecule has 0 saturated carbocycles. The molecule has 1 aromatic heterocycles. The normalized spacial score (nSPS) is 15.9. The molecule has 0 bridgehead atoms. The predicted molar refractivity (Wildman–Crippen MR) is 110 cm³/mol. The molecule has 2 aromatic carbocycles. The van der Waals surface area contributed by atoms with Crippen LogP contribution in [-0.4, -0.2) is 32.8 Å². The van der Waals surface area contributed by atoms with E-state index < -0.39 is 29.2 Å². The molecule has 148 valence electrons. The van der Waals surface area contributed by atoms with Gasteiger partial charge in [-0.1, -0.05) is 54.6 Å². The maximum atomic E-state index is 13.4. The van der Waals surface area contributed by atoms with E-state index in [1.165, 1.54) is 24.4 Å². The van der Waals surface area contributed by atoms with E-state index in [2.05, 4.69) is 11.6 Å². The largest absolute Gasteiger partial charge is 0.479 e. The summed E-state index contributed by atoms with van der Waals surface area (Å²) in [6.07, 6.45) is 4.53. The molecule has 1 aliphatic rings. The number of hydrogen-bond donors (Lipinski definition) is 1. The summed E-state index contributed by atoms with van der Waals surface area (Å²) in [5, 5.41) is 10.6. The van der Waals surface area contributed by atoms with Gasteiger partial charge in [0.05, 0.1) is 11.1 Å². The standard InChI is InChI=1S/C24H18N2O4/c1-2-20(16-9-8-14-25-15-16)24(23(29)30,17-10-4-3-5-11-17)26-21(27)18-12-6-7-13-19(18)22(26)28/h2-15,20H,1H2,(H,29,30)/t20-,24-/m1/s1. The van der Waals surface area contributed by atoms with Crippen molar-refractivity contribution >= 4 is 17.8 Å². The number of carbonyl (C=O) groups excluding carboxylic acids is 2.